The molecule has 41 heavy (non-hydrogen) atoms. The van der Waals surface area contributed by atoms with Crippen molar-refractivity contribution in [3.05, 3.63) is 131 Å². The quantitative estimate of drug-likeness (QED) is 0.191. The summed E-state index contributed by atoms with van der Waals surface area (Å²) in [6, 6.07) is 32.3. The zero-order valence-corrected chi connectivity index (χ0v) is 22.9. The van der Waals surface area contributed by atoms with Gasteiger partial charge in [-0.15, -0.1) is 0 Å². The number of nitrogens with zero attached hydrogens (tertiary/aromatic N) is 1. The van der Waals surface area contributed by atoms with Crippen molar-refractivity contribution < 1.29 is 23.7 Å². The summed E-state index contributed by atoms with van der Waals surface area (Å²) in [4.78, 5) is 12.8. The molecule has 4 aromatic carbocycles. The van der Waals surface area contributed by atoms with Gasteiger partial charge in [0.1, 0.15) is 41.2 Å². The number of allylic oxidation sites excluding steroid dienone is 1. The number of carbonyl (C=O) groups excluding carboxylic acids is 1. The van der Waals surface area contributed by atoms with E-state index in [2.05, 4.69) is 13.0 Å². The summed E-state index contributed by atoms with van der Waals surface area (Å²) in [5.74, 6) is 0.882. The van der Waals surface area contributed by atoms with Crippen LogP contribution in [-0.2, 0) is 17.8 Å². The van der Waals surface area contributed by atoms with Gasteiger partial charge in [-0.2, -0.15) is 5.26 Å². The molecule has 0 spiro atoms. The second-order valence-corrected chi connectivity index (χ2v) is 9.65. The van der Waals surface area contributed by atoms with E-state index in [-0.39, 0.29) is 11.6 Å². The highest BCUT2D eigenvalue weighted by Crippen LogP contribution is 2.44. The molecule has 0 aromatic heterocycles. The van der Waals surface area contributed by atoms with E-state index >= 15 is 0 Å². The van der Waals surface area contributed by atoms with Crippen LogP contribution in [-0.4, -0.2) is 12.1 Å². The Morgan fingerprint density at radius 3 is 2.41 bits per heavy atom. The van der Waals surface area contributed by atoms with E-state index in [1.54, 1.807) is 25.1 Å². The van der Waals surface area contributed by atoms with Crippen molar-refractivity contribution in [2.75, 3.05) is 0 Å². The summed E-state index contributed by atoms with van der Waals surface area (Å²) >= 11 is 0. The van der Waals surface area contributed by atoms with Crippen LogP contribution in [0.25, 0.3) is 0 Å². The lowest BCUT2D eigenvalue weighted by Gasteiger charge is -2.27. The topological polar surface area (TPSA) is 104 Å². The molecular weight excluding hydrogens is 516 g/mol. The third-order valence-electron chi connectivity index (χ3n) is 6.83. The number of esters is 1. The standard InChI is InChI=1S/C34H30N2O5/c1-3-23-12-14-26(15-13-23)39-22(2)34(37)40-28-16-17-29-31(19-28)41-33(36)30(20-35)32(29)25-10-7-11-27(18-25)38-21-24-8-5-4-6-9-24/h4-19,22,32H,3,21,36H2,1-2H3. The third-order valence-corrected chi connectivity index (χ3v) is 6.83. The summed E-state index contributed by atoms with van der Waals surface area (Å²) in [5, 5.41) is 9.94. The summed E-state index contributed by atoms with van der Waals surface area (Å²) in [6.45, 7) is 4.12. The Morgan fingerprint density at radius 1 is 0.927 bits per heavy atom. The van der Waals surface area contributed by atoms with Gasteiger partial charge in [0.15, 0.2) is 6.10 Å². The molecule has 0 saturated heterocycles. The zero-order chi connectivity index (χ0) is 28.8. The number of carbonyl (C=O) groups is 1. The SMILES string of the molecule is CCc1ccc(OC(C)C(=O)Oc2ccc3c(c2)OC(N)=C(C#N)C3c2cccc(OCc3ccccc3)c2)cc1. The van der Waals surface area contributed by atoms with Crippen LogP contribution in [0.15, 0.2) is 109 Å². The van der Waals surface area contributed by atoms with E-state index in [0.29, 0.717) is 29.4 Å². The molecule has 0 aliphatic carbocycles. The number of nitrogens with two attached hydrogens (primary N) is 1. The van der Waals surface area contributed by atoms with Gasteiger partial charge in [0.2, 0.25) is 5.88 Å². The Morgan fingerprint density at radius 2 is 1.68 bits per heavy atom. The van der Waals surface area contributed by atoms with Crippen molar-refractivity contribution in [1.29, 1.82) is 5.26 Å². The Kier molecular flexibility index (Phi) is 8.21. The fourth-order valence-electron chi connectivity index (χ4n) is 4.62. The first-order valence-corrected chi connectivity index (χ1v) is 13.4. The zero-order valence-electron chi connectivity index (χ0n) is 22.9. The maximum absolute atomic E-state index is 12.8. The number of nitriles is 1. The van der Waals surface area contributed by atoms with Gasteiger partial charge in [-0.1, -0.05) is 67.6 Å². The minimum absolute atomic E-state index is 0.00342. The minimum Gasteiger partial charge on any atom is -0.489 e. The average Bonchev–Trinajstić information content (AvgIpc) is 3.00. The first-order valence-electron chi connectivity index (χ1n) is 13.4. The number of ether oxygens (including phenoxy) is 4. The fourth-order valence-corrected chi connectivity index (χ4v) is 4.62. The van der Waals surface area contributed by atoms with E-state index in [0.717, 1.165) is 23.1 Å². The first kappa shape index (κ1) is 27.4. The number of benzene rings is 4. The highest BCUT2D eigenvalue weighted by atomic mass is 16.6. The van der Waals surface area contributed by atoms with Crippen molar-refractivity contribution in [1.82, 2.24) is 0 Å². The second kappa shape index (κ2) is 12.3. The lowest BCUT2D eigenvalue weighted by molar-refractivity contribution is -0.141. The normalized spacial score (nSPS) is 14.7. The minimum atomic E-state index is -0.832. The molecule has 2 N–H and O–H groups in total. The van der Waals surface area contributed by atoms with Gasteiger partial charge in [-0.05, 0) is 60.4 Å². The molecule has 0 radical (unpaired) electrons. The molecule has 1 aliphatic rings. The molecule has 4 aromatic rings. The van der Waals surface area contributed by atoms with Gasteiger partial charge < -0.3 is 24.7 Å². The highest BCUT2D eigenvalue weighted by molar-refractivity contribution is 5.77. The molecular formula is C34H30N2O5. The number of aryl methyl sites for hydroxylation is 1. The van der Waals surface area contributed by atoms with Gasteiger partial charge in [-0.3, -0.25) is 0 Å². The van der Waals surface area contributed by atoms with Crippen molar-refractivity contribution in [3.63, 3.8) is 0 Å². The van der Waals surface area contributed by atoms with E-state index in [1.165, 1.54) is 5.56 Å². The Hall–Kier alpha value is -5.22. The first-order chi connectivity index (χ1) is 19.9. The molecule has 2 atom stereocenters. The Balaban J connectivity index is 1.34. The van der Waals surface area contributed by atoms with E-state index in [4.69, 9.17) is 24.7 Å². The van der Waals surface area contributed by atoms with Gasteiger partial charge >= 0.3 is 5.97 Å². The molecule has 1 aliphatic heterocycles. The van der Waals surface area contributed by atoms with Crippen LogP contribution < -0.4 is 24.7 Å². The van der Waals surface area contributed by atoms with Crippen LogP contribution in [0.3, 0.4) is 0 Å². The van der Waals surface area contributed by atoms with Crippen LogP contribution >= 0.6 is 0 Å². The molecule has 0 amide bonds. The van der Waals surface area contributed by atoms with Crippen LogP contribution in [0.4, 0.5) is 0 Å². The molecule has 0 bridgehead atoms. The van der Waals surface area contributed by atoms with Crippen molar-refractivity contribution in [3.8, 4) is 29.1 Å². The number of hydrogen-bond donors (Lipinski definition) is 1. The summed E-state index contributed by atoms with van der Waals surface area (Å²) < 4.78 is 23.2. The number of fused-ring (bicyclic) bond motifs is 1. The van der Waals surface area contributed by atoms with Crippen molar-refractivity contribution in [2.45, 2.75) is 38.9 Å². The third kappa shape index (κ3) is 6.34. The molecule has 1 heterocycles. The molecule has 0 fully saturated rings. The molecule has 0 saturated carbocycles. The van der Waals surface area contributed by atoms with Gasteiger partial charge in [-0.25, -0.2) is 4.79 Å². The summed E-state index contributed by atoms with van der Waals surface area (Å²) in [5.41, 5.74) is 10.2. The average molecular weight is 547 g/mol. The molecule has 7 nitrogen and oxygen atoms in total. The molecule has 2 unspecified atom stereocenters. The maximum Gasteiger partial charge on any atom is 0.352 e. The van der Waals surface area contributed by atoms with E-state index in [1.807, 2.05) is 78.9 Å². The van der Waals surface area contributed by atoms with Gasteiger partial charge in [0.05, 0.1) is 5.92 Å². The number of hydrogen-bond acceptors (Lipinski definition) is 7. The smallest absolute Gasteiger partial charge is 0.352 e. The molecule has 7 heteroatoms. The highest BCUT2D eigenvalue weighted by Gasteiger charge is 2.31. The van der Waals surface area contributed by atoms with E-state index in [9.17, 15) is 10.1 Å². The maximum atomic E-state index is 12.8. The Bertz CT molecular complexity index is 1610. The summed E-state index contributed by atoms with van der Waals surface area (Å²) in [7, 11) is 0. The van der Waals surface area contributed by atoms with Gasteiger partial charge in [0, 0.05) is 11.6 Å². The number of rotatable bonds is 9. The van der Waals surface area contributed by atoms with Crippen LogP contribution in [0.5, 0.6) is 23.0 Å². The van der Waals surface area contributed by atoms with Crippen LogP contribution in [0.2, 0.25) is 0 Å². The monoisotopic (exact) mass is 546 g/mol. The summed E-state index contributed by atoms with van der Waals surface area (Å²) in [6.07, 6.45) is 0.0864. The predicted molar refractivity (Wildman–Crippen MR) is 155 cm³/mol. The molecule has 5 rings (SSSR count). The lowest BCUT2D eigenvalue weighted by atomic mass is 9.83. The molecule has 206 valence electrons. The second-order valence-electron chi connectivity index (χ2n) is 9.65. The fraction of sp³-hybridized carbons (Fsp3) is 0.176. The largest absolute Gasteiger partial charge is 0.489 e. The van der Waals surface area contributed by atoms with E-state index < -0.39 is 18.0 Å². The Labute approximate surface area is 239 Å². The van der Waals surface area contributed by atoms with Gasteiger partial charge in [0.25, 0.3) is 0 Å². The van der Waals surface area contributed by atoms with Crippen LogP contribution in [0.1, 0.15) is 42.0 Å². The predicted octanol–water partition coefficient (Wildman–Crippen LogP) is 6.42. The van der Waals surface area contributed by atoms with Crippen molar-refractivity contribution >= 4 is 5.97 Å². The van der Waals surface area contributed by atoms with Crippen molar-refractivity contribution in [2.24, 2.45) is 5.73 Å². The lowest BCUT2D eigenvalue weighted by Crippen LogP contribution is -2.28. The van der Waals surface area contributed by atoms with Crippen LogP contribution in [0, 0.1) is 11.3 Å².